The van der Waals surface area contributed by atoms with E-state index >= 15 is 0 Å². The first kappa shape index (κ1) is 17.4. The highest BCUT2D eigenvalue weighted by atomic mass is 35.5. The van der Waals surface area contributed by atoms with Crippen LogP contribution >= 0.6 is 11.6 Å². The zero-order valence-corrected chi connectivity index (χ0v) is 14.5. The van der Waals surface area contributed by atoms with Gasteiger partial charge in [0.25, 0.3) is 5.69 Å². The van der Waals surface area contributed by atoms with Crippen LogP contribution in [0, 0.1) is 28.4 Å². The Labute approximate surface area is 154 Å². The largest absolute Gasteiger partial charge is 0.383 e. The Morgan fingerprint density at radius 1 is 1.23 bits per heavy atom. The highest BCUT2D eigenvalue weighted by Gasteiger charge is 2.24. The third kappa shape index (κ3) is 2.96. The van der Waals surface area contributed by atoms with Crippen LogP contribution in [0.1, 0.15) is 11.1 Å². The molecule has 1 aromatic heterocycles. The average Bonchev–Trinajstić information content (AvgIpc) is 2.62. The fourth-order valence-electron chi connectivity index (χ4n) is 2.91. The fraction of sp³-hybridized carbons (Fsp3) is 0.0526. The van der Waals surface area contributed by atoms with Gasteiger partial charge in [0, 0.05) is 22.2 Å². The first-order chi connectivity index (χ1) is 12.4. The maximum atomic E-state index is 11.4. The van der Waals surface area contributed by atoms with Crippen molar-refractivity contribution in [1.82, 2.24) is 4.98 Å². The molecule has 0 unspecified atom stereocenters. The van der Waals surface area contributed by atoms with Crippen molar-refractivity contribution < 1.29 is 4.92 Å². The molecule has 0 spiro atoms. The minimum Gasteiger partial charge on any atom is -0.383 e. The van der Waals surface area contributed by atoms with Crippen LogP contribution in [0.5, 0.6) is 0 Å². The minimum atomic E-state index is -0.481. The second kappa shape index (κ2) is 6.82. The molecule has 0 amide bonds. The van der Waals surface area contributed by atoms with Gasteiger partial charge in [0.15, 0.2) is 0 Å². The number of nitrogen functional groups attached to an aromatic ring is 1. The highest BCUT2D eigenvalue weighted by molar-refractivity contribution is 6.30. The maximum absolute atomic E-state index is 11.4. The second-order valence-corrected chi connectivity index (χ2v) is 6.05. The van der Waals surface area contributed by atoms with Gasteiger partial charge in [-0.1, -0.05) is 35.9 Å². The lowest BCUT2D eigenvalue weighted by atomic mass is 9.92. The van der Waals surface area contributed by atoms with Crippen molar-refractivity contribution in [1.29, 1.82) is 5.26 Å². The van der Waals surface area contributed by atoms with E-state index in [4.69, 9.17) is 17.3 Å². The summed E-state index contributed by atoms with van der Waals surface area (Å²) >= 11 is 6.07. The molecule has 2 N–H and O–H groups in total. The number of hydrogen-bond donors (Lipinski definition) is 1. The van der Waals surface area contributed by atoms with E-state index in [9.17, 15) is 15.4 Å². The Bertz CT molecular complexity index is 1070. The van der Waals surface area contributed by atoms with Gasteiger partial charge in [0.05, 0.1) is 16.2 Å². The summed E-state index contributed by atoms with van der Waals surface area (Å²) in [5.74, 6) is 0.0150. The van der Waals surface area contributed by atoms with E-state index in [1.54, 1.807) is 43.3 Å². The van der Waals surface area contributed by atoms with Crippen LogP contribution in [-0.2, 0) is 0 Å². The number of rotatable bonds is 3. The molecule has 0 atom stereocenters. The van der Waals surface area contributed by atoms with E-state index in [-0.39, 0.29) is 17.1 Å². The summed E-state index contributed by atoms with van der Waals surface area (Å²) < 4.78 is 0. The number of nitro benzene ring substituents is 1. The van der Waals surface area contributed by atoms with Crippen LogP contribution in [0.15, 0.2) is 48.5 Å². The number of nitro groups is 1. The molecule has 0 fully saturated rings. The Hall–Kier alpha value is -3.43. The van der Waals surface area contributed by atoms with Crippen LogP contribution in [0.4, 0.5) is 11.5 Å². The Kier molecular flexibility index (Phi) is 4.57. The van der Waals surface area contributed by atoms with E-state index < -0.39 is 4.92 Å². The molecule has 7 heteroatoms. The van der Waals surface area contributed by atoms with E-state index in [2.05, 4.69) is 4.98 Å². The van der Waals surface area contributed by atoms with Crippen LogP contribution < -0.4 is 5.73 Å². The number of aromatic nitrogens is 1. The molecule has 0 bridgehead atoms. The lowest BCUT2D eigenvalue weighted by Gasteiger charge is -2.15. The molecule has 0 aliphatic heterocycles. The number of benzene rings is 2. The Morgan fingerprint density at radius 3 is 2.62 bits per heavy atom. The molecule has 6 nitrogen and oxygen atoms in total. The van der Waals surface area contributed by atoms with Gasteiger partial charge in [-0.15, -0.1) is 0 Å². The van der Waals surface area contributed by atoms with Crippen molar-refractivity contribution in [2.24, 2.45) is 0 Å². The molecular weight excluding hydrogens is 352 g/mol. The molecule has 2 aromatic carbocycles. The number of hydrogen-bond acceptors (Lipinski definition) is 5. The van der Waals surface area contributed by atoms with Gasteiger partial charge in [-0.2, -0.15) is 5.26 Å². The summed E-state index contributed by atoms with van der Waals surface area (Å²) in [5, 5.41) is 21.5. The van der Waals surface area contributed by atoms with E-state index in [1.807, 2.05) is 12.1 Å². The van der Waals surface area contributed by atoms with Gasteiger partial charge in [-0.05, 0) is 30.7 Å². The number of halogens is 1. The van der Waals surface area contributed by atoms with Gasteiger partial charge in [-0.25, -0.2) is 4.98 Å². The fourth-order valence-corrected chi connectivity index (χ4v) is 3.10. The van der Waals surface area contributed by atoms with Crippen LogP contribution in [0.25, 0.3) is 22.4 Å². The summed E-state index contributed by atoms with van der Waals surface area (Å²) in [6.07, 6.45) is 0. The topological polar surface area (TPSA) is 106 Å². The molecule has 3 aromatic rings. The van der Waals surface area contributed by atoms with E-state index in [0.717, 1.165) is 0 Å². The smallest absolute Gasteiger partial charge is 0.277 e. The third-order valence-corrected chi connectivity index (χ3v) is 4.28. The SMILES string of the molecule is Cc1c(-c2cccc(Cl)c2)nc(N)c(C#N)c1-c1ccccc1[N+](=O)[O-]. The predicted molar refractivity (Wildman–Crippen MR) is 101 cm³/mol. The predicted octanol–water partition coefficient (Wildman–Crippen LogP) is 4.74. The highest BCUT2D eigenvalue weighted by Crippen LogP contribution is 2.39. The number of nitrogens with two attached hydrogens (primary N) is 1. The van der Waals surface area contributed by atoms with Crippen LogP contribution in [0.3, 0.4) is 0 Å². The zero-order chi connectivity index (χ0) is 18.8. The normalized spacial score (nSPS) is 10.3. The molecule has 26 heavy (non-hydrogen) atoms. The minimum absolute atomic E-state index is 0.0150. The standard InChI is InChI=1S/C19H13ClN4O2/c1-11-17(14-7-2-3-8-16(14)24(25)26)15(10-21)19(22)23-18(11)12-5-4-6-13(20)9-12/h2-9H,1H3,(H2,22,23). The molecule has 0 aliphatic carbocycles. The first-order valence-corrected chi connectivity index (χ1v) is 8.01. The summed E-state index contributed by atoms with van der Waals surface area (Å²) in [5.41, 5.74) is 8.60. The second-order valence-electron chi connectivity index (χ2n) is 5.62. The quantitative estimate of drug-likeness (QED) is 0.533. The van der Waals surface area contributed by atoms with Crippen LogP contribution in [-0.4, -0.2) is 9.91 Å². The molecular formula is C19H13ClN4O2. The van der Waals surface area contributed by atoms with E-state index in [0.29, 0.717) is 33.0 Å². The number of nitrogens with zero attached hydrogens (tertiary/aromatic N) is 3. The summed E-state index contributed by atoms with van der Waals surface area (Å²) in [6.45, 7) is 1.76. The van der Waals surface area contributed by atoms with Crippen molar-refractivity contribution in [3.63, 3.8) is 0 Å². The third-order valence-electron chi connectivity index (χ3n) is 4.05. The van der Waals surface area contributed by atoms with Gasteiger partial charge >= 0.3 is 0 Å². The van der Waals surface area contributed by atoms with Crippen molar-refractivity contribution in [2.45, 2.75) is 6.92 Å². The monoisotopic (exact) mass is 364 g/mol. The number of pyridine rings is 1. The number of nitriles is 1. The van der Waals surface area contributed by atoms with Crippen molar-refractivity contribution in [2.75, 3.05) is 5.73 Å². The lowest BCUT2D eigenvalue weighted by molar-refractivity contribution is -0.384. The summed E-state index contributed by atoms with van der Waals surface area (Å²) in [7, 11) is 0. The maximum Gasteiger partial charge on any atom is 0.277 e. The molecule has 1 heterocycles. The molecule has 3 rings (SSSR count). The van der Waals surface area contributed by atoms with Gasteiger partial charge in [0.1, 0.15) is 17.5 Å². The molecule has 128 valence electrons. The van der Waals surface area contributed by atoms with Gasteiger partial charge < -0.3 is 5.73 Å². The van der Waals surface area contributed by atoms with Crippen molar-refractivity contribution in [3.05, 3.63) is 74.8 Å². The zero-order valence-electron chi connectivity index (χ0n) is 13.7. The van der Waals surface area contributed by atoms with E-state index in [1.165, 1.54) is 6.07 Å². The lowest BCUT2D eigenvalue weighted by Crippen LogP contribution is -2.04. The van der Waals surface area contributed by atoms with Gasteiger partial charge in [0.2, 0.25) is 0 Å². The average molecular weight is 365 g/mol. The molecule has 0 saturated carbocycles. The number of anilines is 1. The Balaban J connectivity index is 2.40. The molecule has 0 aliphatic rings. The van der Waals surface area contributed by atoms with Crippen LogP contribution in [0.2, 0.25) is 5.02 Å². The molecule has 0 saturated heterocycles. The first-order valence-electron chi connectivity index (χ1n) is 7.64. The Morgan fingerprint density at radius 2 is 1.96 bits per heavy atom. The van der Waals surface area contributed by atoms with Crippen molar-refractivity contribution >= 4 is 23.1 Å². The summed E-state index contributed by atoms with van der Waals surface area (Å²) in [4.78, 5) is 15.3. The number of para-hydroxylation sites is 1. The van der Waals surface area contributed by atoms with Crippen molar-refractivity contribution in [3.8, 4) is 28.5 Å². The molecule has 0 radical (unpaired) electrons. The van der Waals surface area contributed by atoms with Gasteiger partial charge in [-0.3, -0.25) is 10.1 Å². The summed E-state index contributed by atoms with van der Waals surface area (Å²) in [6, 6.07) is 15.3.